The molecule has 0 spiro atoms. The van der Waals surface area contributed by atoms with E-state index in [1.54, 1.807) is 18.2 Å². The molecule has 1 aliphatic heterocycles. The Balaban J connectivity index is 1.71. The van der Waals surface area contributed by atoms with Gasteiger partial charge in [-0.05, 0) is 70.5 Å². The Morgan fingerprint density at radius 1 is 1.25 bits per heavy atom. The lowest BCUT2D eigenvalue weighted by Crippen LogP contribution is -2.36. The van der Waals surface area contributed by atoms with Crippen molar-refractivity contribution in [3.05, 3.63) is 61.9 Å². The number of carboxylic acid groups (broad SMARTS) is 1. The molecule has 32 heavy (non-hydrogen) atoms. The number of imide groups is 1. The Kier molecular flexibility index (Phi) is 7.60. The normalized spacial score (nSPS) is 14.7. The summed E-state index contributed by atoms with van der Waals surface area (Å²) in [5.41, 5.74) is 2.08. The first-order valence-corrected chi connectivity index (χ1v) is 11.1. The summed E-state index contributed by atoms with van der Waals surface area (Å²) in [4.78, 5) is 48.9. The van der Waals surface area contributed by atoms with Gasteiger partial charge in [0.25, 0.3) is 11.1 Å². The Bertz CT molecular complexity index is 1110. The van der Waals surface area contributed by atoms with Crippen molar-refractivity contribution in [2.45, 2.75) is 6.92 Å². The molecule has 0 atom stereocenters. The summed E-state index contributed by atoms with van der Waals surface area (Å²) in [6.07, 6.45) is 1.46. The molecule has 2 aromatic carbocycles. The second kappa shape index (κ2) is 10.2. The molecule has 11 heteroatoms. The predicted molar refractivity (Wildman–Crippen MR) is 125 cm³/mol. The van der Waals surface area contributed by atoms with Gasteiger partial charge in [0.15, 0.2) is 12.4 Å². The lowest BCUT2D eigenvalue weighted by Gasteiger charge is -2.12. The van der Waals surface area contributed by atoms with Crippen LogP contribution in [0.5, 0.6) is 5.75 Å². The minimum absolute atomic E-state index is 0.125. The highest BCUT2D eigenvalue weighted by molar-refractivity contribution is 9.10. The molecule has 8 nitrogen and oxygen atoms in total. The van der Waals surface area contributed by atoms with Gasteiger partial charge in [0.1, 0.15) is 6.54 Å². The Hall–Kier alpha value is -2.82. The van der Waals surface area contributed by atoms with Crippen LogP contribution in [0.1, 0.15) is 11.1 Å². The molecule has 1 fully saturated rings. The van der Waals surface area contributed by atoms with Crippen LogP contribution in [0, 0.1) is 6.92 Å². The number of hydrogen-bond acceptors (Lipinski definition) is 6. The maximum atomic E-state index is 12.7. The van der Waals surface area contributed by atoms with Crippen molar-refractivity contribution < 1.29 is 29.0 Å². The first-order chi connectivity index (χ1) is 15.1. The van der Waals surface area contributed by atoms with Crippen molar-refractivity contribution in [3.63, 3.8) is 0 Å². The average Bonchev–Trinajstić information content (AvgIpc) is 2.96. The van der Waals surface area contributed by atoms with Gasteiger partial charge in [0.2, 0.25) is 5.91 Å². The van der Waals surface area contributed by atoms with Gasteiger partial charge in [0.05, 0.1) is 14.4 Å². The Morgan fingerprint density at radius 3 is 2.56 bits per heavy atom. The van der Waals surface area contributed by atoms with E-state index >= 15 is 0 Å². The quantitative estimate of drug-likeness (QED) is 0.496. The number of anilines is 1. The van der Waals surface area contributed by atoms with Gasteiger partial charge < -0.3 is 15.2 Å². The van der Waals surface area contributed by atoms with Gasteiger partial charge in [-0.15, -0.1) is 0 Å². The van der Waals surface area contributed by atoms with Gasteiger partial charge in [-0.2, -0.15) is 0 Å². The van der Waals surface area contributed by atoms with Gasteiger partial charge in [-0.1, -0.05) is 29.3 Å². The largest absolute Gasteiger partial charge is 0.479 e. The molecule has 0 bridgehead atoms. The molecule has 0 aliphatic carbocycles. The molecular weight excluding hydrogens is 524 g/mol. The summed E-state index contributed by atoms with van der Waals surface area (Å²) in [6.45, 7) is 0.935. The molecule has 3 rings (SSSR count). The minimum Gasteiger partial charge on any atom is -0.479 e. The Morgan fingerprint density at radius 2 is 1.94 bits per heavy atom. The van der Waals surface area contributed by atoms with Gasteiger partial charge in [-0.25, -0.2) is 4.79 Å². The number of benzene rings is 2. The highest BCUT2D eigenvalue weighted by Crippen LogP contribution is 2.37. The monoisotopic (exact) mass is 538 g/mol. The molecule has 166 valence electrons. The number of ether oxygens (including phenoxy) is 1. The molecular formula is C21H16BrClN2O6S. The van der Waals surface area contributed by atoms with Crippen LogP contribution in [0.25, 0.3) is 6.08 Å². The standard InChI is InChI=1S/C21H16BrClN2O6S/c1-11-2-4-13(5-3-11)24-17(26)9-25-20(29)16(32-21(25)30)8-12-6-14(22)19(15(23)7-12)31-10-18(27)28/h2-8H,9-10H2,1H3,(H,24,26)(H,27,28). The number of halogens is 2. The highest BCUT2D eigenvalue weighted by Gasteiger charge is 2.36. The van der Waals surface area contributed by atoms with E-state index in [-0.39, 0.29) is 15.7 Å². The summed E-state index contributed by atoms with van der Waals surface area (Å²) in [5, 5.41) is 11.0. The molecule has 1 heterocycles. The van der Waals surface area contributed by atoms with Crippen LogP contribution in [0.4, 0.5) is 10.5 Å². The summed E-state index contributed by atoms with van der Waals surface area (Å²) < 4.78 is 5.51. The van der Waals surface area contributed by atoms with E-state index in [1.807, 2.05) is 19.1 Å². The molecule has 2 N–H and O–H groups in total. The third kappa shape index (κ3) is 5.90. The van der Waals surface area contributed by atoms with E-state index in [1.165, 1.54) is 12.1 Å². The van der Waals surface area contributed by atoms with Crippen LogP contribution in [-0.4, -0.2) is 46.2 Å². The third-order valence-electron chi connectivity index (χ3n) is 4.17. The predicted octanol–water partition coefficient (Wildman–Crippen LogP) is 4.55. The second-order valence-electron chi connectivity index (χ2n) is 6.68. The topological polar surface area (TPSA) is 113 Å². The zero-order valence-electron chi connectivity index (χ0n) is 16.6. The number of carbonyl (C=O) groups is 4. The fourth-order valence-corrected chi connectivity index (χ4v) is 4.53. The van der Waals surface area contributed by atoms with Gasteiger partial charge in [-0.3, -0.25) is 19.3 Å². The zero-order chi connectivity index (χ0) is 23.4. The molecule has 0 saturated carbocycles. The number of amides is 3. The Labute approximate surface area is 200 Å². The van der Waals surface area contributed by atoms with Gasteiger partial charge >= 0.3 is 5.97 Å². The zero-order valence-corrected chi connectivity index (χ0v) is 19.7. The fourth-order valence-electron chi connectivity index (χ4n) is 2.70. The number of carbonyl (C=O) groups excluding carboxylic acids is 3. The number of carboxylic acids is 1. The number of nitrogens with zero attached hydrogens (tertiary/aromatic N) is 1. The molecule has 3 amide bonds. The summed E-state index contributed by atoms with van der Waals surface area (Å²) in [7, 11) is 0. The van der Waals surface area contributed by atoms with E-state index in [9.17, 15) is 19.2 Å². The second-order valence-corrected chi connectivity index (χ2v) is 8.93. The van der Waals surface area contributed by atoms with Crippen molar-refractivity contribution in [1.82, 2.24) is 4.90 Å². The third-order valence-corrected chi connectivity index (χ3v) is 5.95. The maximum Gasteiger partial charge on any atom is 0.341 e. The van der Waals surface area contributed by atoms with Crippen molar-refractivity contribution in [3.8, 4) is 5.75 Å². The van der Waals surface area contributed by atoms with Crippen molar-refractivity contribution in [2.75, 3.05) is 18.5 Å². The fraction of sp³-hybridized carbons (Fsp3) is 0.143. The molecule has 1 aliphatic rings. The lowest BCUT2D eigenvalue weighted by molar-refractivity contribution is -0.139. The van der Waals surface area contributed by atoms with Crippen LogP contribution in [0.2, 0.25) is 5.02 Å². The van der Waals surface area contributed by atoms with E-state index < -0.39 is 36.2 Å². The molecule has 2 aromatic rings. The van der Waals surface area contributed by atoms with Crippen molar-refractivity contribution >= 4 is 74.1 Å². The SMILES string of the molecule is Cc1ccc(NC(=O)CN2C(=O)SC(=Cc3cc(Cl)c(OCC(=O)O)c(Br)c3)C2=O)cc1. The number of nitrogens with one attached hydrogen (secondary N) is 1. The van der Waals surface area contributed by atoms with Crippen molar-refractivity contribution in [1.29, 1.82) is 0 Å². The molecule has 0 unspecified atom stereocenters. The van der Waals surface area contributed by atoms with Crippen LogP contribution in [0.15, 0.2) is 45.8 Å². The van der Waals surface area contributed by atoms with E-state index in [4.69, 9.17) is 21.4 Å². The van der Waals surface area contributed by atoms with Crippen LogP contribution in [-0.2, 0) is 14.4 Å². The molecule has 1 saturated heterocycles. The lowest BCUT2D eigenvalue weighted by atomic mass is 10.2. The first-order valence-electron chi connectivity index (χ1n) is 9.09. The number of aliphatic carboxylic acids is 1. The van der Waals surface area contributed by atoms with E-state index in [2.05, 4.69) is 21.2 Å². The number of hydrogen-bond donors (Lipinski definition) is 2. The number of thioether (sulfide) groups is 1. The van der Waals surface area contributed by atoms with E-state index in [0.29, 0.717) is 27.5 Å². The minimum atomic E-state index is -1.16. The first kappa shape index (κ1) is 23.8. The summed E-state index contributed by atoms with van der Waals surface area (Å²) in [6, 6.07) is 10.2. The smallest absolute Gasteiger partial charge is 0.341 e. The van der Waals surface area contributed by atoms with Gasteiger partial charge in [0, 0.05) is 5.69 Å². The van der Waals surface area contributed by atoms with Crippen molar-refractivity contribution in [2.24, 2.45) is 0 Å². The maximum absolute atomic E-state index is 12.7. The van der Waals surface area contributed by atoms with Crippen LogP contribution < -0.4 is 10.1 Å². The summed E-state index contributed by atoms with van der Waals surface area (Å²) >= 11 is 10.1. The highest BCUT2D eigenvalue weighted by atomic mass is 79.9. The van der Waals surface area contributed by atoms with Crippen LogP contribution >= 0.6 is 39.3 Å². The van der Waals surface area contributed by atoms with Crippen LogP contribution in [0.3, 0.4) is 0 Å². The number of rotatable bonds is 7. The van der Waals surface area contributed by atoms with E-state index in [0.717, 1.165) is 10.5 Å². The number of aryl methyl sites for hydroxylation is 1. The molecule has 0 aromatic heterocycles. The summed E-state index contributed by atoms with van der Waals surface area (Å²) in [5.74, 6) is -2.11. The molecule has 0 radical (unpaired) electrons. The average molecular weight is 540 g/mol.